The Labute approximate surface area is 156 Å². The number of nitrogens with zero attached hydrogens (tertiary/aromatic N) is 2. The summed E-state index contributed by atoms with van der Waals surface area (Å²) in [6, 6.07) is 7.95. The molecule has 142 valence electrons. The van der Waals surface area contributed by atoms with E-state index in [4.69, 9.17) is 4.74 Å². The fourth-order valence-corrected chi connectivity index (χ4v) is 3.39. The van der Waals surface area contributed by atoms with Gasteiger partial charge in [0, 0.05) is 32.1 Å². The zero-order valence-corrected chi connectivity index (χ0v) is 16.1. The summed E-state index contributed by atoms with van der Waals surface area (Å²) in [5, 5.41) is 0. The molecule has 1 saturated carbocycles. The third-order valence-corrected chi connectivity index (χ3v) is 5.25. The number of hydrogen-bond acceptors (Lipinski definition) is 3. The first-order chi connectivity index (χ1) is 12.5. The lowest BCUT2D eigenvalue weighted by atomic mass is 10.0. The maximum absolute atomic E-state index is 12.8. The Kier molecular flexibility index (Phi) is 5.84. The van der Waals surface area contributed by atoms with Crippen LogP contribution in [0.3, 0.4) is 0 Å². The molecule has 0 bridgehead atoms. The van der Waals surface area contributed by atoms with Gasteiger partial charge in [-0.25, -0.2) is 0 Å². The van der Waals surface area contributed by atoms with E-state index in [1.165, 1.54) is 5.56 Å². The minimum absolute atomic E-state index is 0.00124. The molecule has 1 aromatic carbocycles. The van der Waals surface area contributed by atoms with Gasteiger partial charge in [-0.3, -0.25) is 9.59 Å². The molecule has 0 radical (unpaired) electrons. The number of benzene rings is 1. The number of amides is 2. The van der Waals surface area contributed by atoms with E-state index in [-0.39, 0.29) is 17.7 Å². The maximum Gasteiger partial charge on any atom is 0.263 e. The monoisotopic (exact) mass is 358 g/mol. The van der Waals surface area contributed by atoms with Crippen molar-refractivity contribution in [2.24, 2.45) is 5.92 Å². The van der Waals surface area contributed by atoms with Crippen molar-refractivity contribution >= 4 is 11.8 Å². The number of ether oxygens (including phenoxy) is 1. The molecule has 3 rings (SSSR count). The van der Waals surface area contributed by atoms with Gasteiger partial charge < -0.3 is 14.5 Å². The molecule has 2 fully saturated rings. The summed E-state index contributed by atoms with van der Waals surface area (Å²) in [5.74, 6) is 1.71. The molecule has 1 aromatic rings. The van der Waals surface area contributed by atoms with Crippen LogP contribution in [-0.2, 0) is 9.59 Å². The summed E-state index contributed by atoms with van der Waals surface area (Å²) in [5.41, 5.74) is 1.25. The molecule has 1 atom stereocenters. The normalized spacial score (nSPS) is 19.2. The molecular formula is C21H30N2O3. The lowest BCUT2D eigenvalue weighted by Crippen LogP contribution is -2.43. The van der Waals surface area contributed by atoms with Crippen LogP contribution in [-0.4, -0.2) is 53.9 Å². The Morgan fingerprint density at radius 3 is 2.19 bits per heavy atom. The lowest BCUT2D eigenvalue weighted by Gasteiger charge is -2.25. The van der Waals surface area contributed by atoms with Crippen LogP contribution in [0, 0.1) is 5.92 Å². The minimum Gasteiger partial charge on any atom is -0.481 e. The van der Waals surface area contributed by atoms with Crippen molar-refractivity contribution in [3.8, 4) is 5.75 Å². The summed E-state index contributed by atoms with van der Waals surface area (Å²) < 4.78 is 5.86. The van der Waals surface area contributed by atoms with E-state index in [0.717, 1.165) is 31.6 Å². The summed E-state index contributed by atoms with van der Waals surface area (Å²) in [6.07, 6.45) is 2.36. The van der Waals surface area contributed by atoms with Crippen LogP contribution >= 0.6 is 0 Å². The number of carbonyl (C=O) groups excluding carboxylic acids is 2. The third kappa shape index (κ3) is 4.57. The van der Waals surface area contributed by atoms with E-state index in [0.29, 0.717) is 25.6 Å². The molecule has 2 amide bonds. The van der Waals surface area contributed by atoms with Crippen LogP contribution in [0.25, 0.3) is 0 Å². The minimum atomic E-state index is -0.523. The molecule has 5 heteroatoms. The second-order valence-corrected chi connectivity index (χ2v) is 7.76. The molecule has 1 saturated heterocycles. The fraction of sp³-hybridized carbons (Fsp3) is 0.619. The average Bonchev–Trinajstić information content (AvgIpc) is 3.47. The lowest BCUT2D eigenvalue weighted by molar-refractivity contribution is -0.138. The van der Waals surface area contributed by atoms with Crippen molar-refractivity contribution in [2.45, 2.75) is 52.1 Å². The zero-order valence-electron chi connectivity index (χ0n) is 16.1. The van der Waals surface area contributed by atoms with E-state index in [1.54, 1.807) is 6.92 Å². The van der Waals surface area contributed by atoms with E-state index in [2.05, 4.69) is 13.8 Å². The zero-order chi connectivity index (χ0) is 18.7. The van der Waals surface area contributed by atoms with Gasteiger partial charge in [-0.2, -0.15) is 0 Å². The standard InChI is InChI=1S/C21H30N2O3/c1-15(2)17-7-9-19(10-8-17)26-16(3)20(24)22-11-4-12-23(14-13-22)21(25)18-5-6-18/h7-10,15-16,18H,4-6,11-14H2,1-3H3. The van der Waals surface area contributed by atoms with Crippen LogP contribution < -0.4 is 4.74 Å². The van der Waals surface area contributed by atoms with E-state index in [1.807, 2.05) is 34.1 Å². The SMILES string of the molecule is CC(Oc1ccc(C(C)C)cc1)C(=O)N1CCCN(C(=O)C2CC2)CC1. The highest BCUT2D eigenvalue weighted by Gasteiger charge is 2.34. The van der Waals surface area contributed by atoms with Gasteiger partial charge in [-0.15, -0.1) is 0 Å². The van der Waals surface area contributed by atoms with Crippen molar-refractivity contribution in [1.82, 2.24) is 9.80 Å². The second-order valence-electron chi connectivity index (χ2n) is 7.76. The summed E-state index contributed by atoms with van der Waals surface area (Å²) in [7, 11) is 0. The van der Waals surface area contributed by atoms with Crippen LogP contribution in [0.2, 0.25) is 0 Å². The van der Waals surface area contributed by atoms with E-state index in [9.17, 15) is 9.59 Å². The number of hydrogen-bond donors (Lipinski definition) is 0. The highest BCUT2D eigenvalue weighted by atomic mass is 16.5. The van der Waals surface area contributed by atoms with Crippen LogP contribution in [0.4, 0.5) is 0 Å². The number of rotatable bonds is 5. The second kappa shape index (κ2) is 8.11. The smallest absolute Gasteiger partial charge is 0.263 e. The van der Waals surface area contributed by atoms with Crippen molar-refractivity contribution in [2.75, 3.05) is 26.2 Å². The first-order valence-electron chi connectivity index (χ1n) is 9.80. The Morgan fingerprint density at radius 2 is 1.58 bits per heavy atom. The predicted octanol–water partition coefficient (Wildman–Crippen LogP) is 3.05. The topological polar surface area (TPSA) is 49.9 Å². The first kappa shape index (κ1) is 18.7. The van der Waals surface area contributed by atoms with Gasteiger partial charge in [0.1, 0.15) is 5.75 Å². The van der Waals surface area contributed by atoms with E-state index >= 15 is 0 Å². The van der Waals surface area contributed by atoms with Crippen molar-refractivity contribution in [1.29, 1.82) is 0 Å². The third-order valence-electron chi connectivity index (χ3n) is 5.25. The van der Waals surface area contributed by atoms with Gasteiger partial charge in [-0.1, -0.05) is 26.0 Å². The molecule has 1 aliphatic heterocycles. The van der Waals surface area contributed by atoms with Crippen LogP contribution in [0.1, 0.15) is 51.5 Å². The van der Waals surface area contributed by atoms with Crippen molar-refractivity contribution in [3.05, 3.63) is 29.8 Å². The summed E-state index contributed by atoms with van der Waals surface area (Å²) in [4.78, 5) is 28.8. The van der Waals surface area contributed by atoms with Gasteiger partial charge in [0.05, 0.1) is 0 Å². The Bertz CT molecular complexity index is 637. The molecule has 1 heterocycles. The average molecular weight is 358 g/mol. The highest BCUT2D eigenvalue weighted by Crippen LogP contribution is 2.31. The fourth-order valence-electron chi connectivity index (χ4n) is 3.39. The largest absolute Gasteiger partial charge is 0.481 e. The van der Waals surface area contributed by atoms with Crippen molar-refractivity contribution < 1.29 is 14.3 Å². The molecule has 26 heavy (non-hydrogen) atoms. The molecule has 0 aromatic heterocycles. The molecule has 2 aliphatic rings. The Morgan fingerprint density at radius 1 is 0.962 bits per heavy atom. The van der Waals surface area contributed by atoms with Gasteiger partial charge >= 0.3 is 0 Å². The molecule has 0 spiro atoms. The van der Waals surface area contributed by atoms with Crippen LogP contribution in [0.15, 0.2) is 24.3 Å². The highest BCUT2D eigenvalue weighted by molar-refractivity contribution is 5.82. The van der Waals surface area contributed by atoms with Gasteiger partial charge in [0.25, 0.3) is 5.91 Å². The maximum atomic E-state index is 12.8. The summed E-state index contributed by atoms with van der Waals surface area (Å²) >= 11 is 0. The predicted molar refractivity (Wildman–Crippen MR) is 101 cm³/mol. The first-order valence-corrected chi connectivity index (χ1v) is 9.80. The molecule has 1 aliphatic carbocycles. The molecular weight excluding hydrogens is 328 g/mol. The number of carbonyl (C=O) groups is 2. The molecule has 5 nitrogen and oxygen atoms in total. The van der Waals surface area contributed by atoms with Gasteiger partial charge in [-0.05, 0) is 49.8 Å². The van der Waals surface area contributed by atoms with Gasteiger partial charge in [0.15, 0.2) is 6.10 Å². The summed E-state index contributed by atoms with van der Waals surface area (Å²) in [6.45, 7) is 8.78. The Balaban J connectivity index is 1.53. The molecule has 1 unspecified atom stereocenters. The van der Waals surface area contributed by atoms with Crippen molar-refractivity contribution in [3.63, 3.8) is 0 Å². The van der Waals surface area contributed by atoms with Gasteiger partial charge in [0.2, 0.25) is 5.91 Å². The Hall–Kier alpha value is -2.04. The molecule has 0 N–H and O–H groups in total. The quantitative estimate of drug-likeness (QED) is 0.813. The van der Waals surface area contributed by atoms with Crippen LogP contribution in [0.5, 0.6) is 5.75 Å². The van der Waals surface area contributed by atoms with E-state index < -0.39 is 6.10 Å².